The van der Waals surface area contributed by atoms with Crippen molar-refractivity contribution in [2.24, 2.45) is 45.5 Å². The van der Waals surface area contributed by atoms with Crippen LogP contribution in [0.2, 0.25) is 0 Å². The SMILES string of the molecule is COC(=O)N[C@H](C(=O)N1CCC[C@H]1C1=NC=C(c2ccc(-c3ccc(C4=CN=C([C@@H]5[C@H]6CC[C@H](C6)[C@H]5C(=O)N[C@H](c5cccnc5)C(C)C)C4)cc3)cc2)C1)C(C)C. The molecule has 2 aromatic carbocycles. The fourth-order valence-corrected chi connectivity index (χ4v) is 10.3. The molecule has 0 unspecified atom stereocenters. The van der Waals surface area contributed by atoms with Gasteiger partial charge in [0.25, 0.3) is 0 Å². The molecule has 2 saturated carbocycles. The molecule has 3 aromatic rings. The number of nitrogens with zero attached hydrogens (tertiary/aromatic N) is 4. The van der Waals surface area contributed by atoms with Crippen molar-refractivity contribution in [3.8, 4) is 11.1 Å². The first-order valence-corrected chi connectivity index (χ1v) is 21.2. The quantitative estimate of drug-likeness (QED) is 0.190. The van der Waals surface area contributed by atoms with Gasteiger partial charge in [-0.25, -0.2) is 4.79 Å². The lowest BCUT2D eigenvalue weighted by Gasteiger charge is -2.33. The van der Waals surface area contributed by atoms with Crippen molar-refractivity contribution in [1.82, 2.24) is 20.5 Å². The van der Waals surface area contributed by atoms with Gasteiger partial charge in [0.15, 0.2) is 0 Å². The van der Waals surface area contributed by atoms with E-state index in [0.29, 0.717) is 24.8 Å². The number of aromatic nitrogens is 1. The molecule has 3 aliphatic heterocycles. The number of carbonyl (C=O) groups excluding carboxylic acids is 3. The van der Waals surface area contributed by atoms with Gasteiger partial charge in [-0.3, -0.25) is 24.6 Å². The van der Waals surface area contributed by atoms with E-state index in [2.05, 4.69) is 84.1 Å². The van der Waals surface area contributed by atoms with Crippen LogP contribution >= 0.6 is 0 Å². The van der Waals surface area contributed by atoms with Crippen LogP contribution in [-0.4, -0.2) is 65.0 Å². The van der Waals surface area contributed by atoms with E-state index in [1.54, 1.807) is 6.20 Å². The predicted molar refractivity (Wildman–Crippen MR) is 229 cm³/mol. The van der Waals surface area contributed by atoms with E-state index >= 15 is 0 Å². The highest BCUT2D eigenvalue weighted by molar-refractivity contribution is 6.04. The predicted octanol–water partition coefficient (Wildman–Crippen LogP) is 8.67. The molecule has 10 nitrogen and oxygen atoms in total. The first kappa shape index (κ1) is 39.4. The zero-order valence-electron chi connectivity index (χ0n) is 34.4. The second kappa shape index (κ2) is 16.8. The van der Waals surface area contributed by atoms with Crippen LogP contribution < -0.4 is 10.6 Å². The van der Waals surface area contributed by atoms with Crippen molar-refractivity contribution in [2.45, 2.75) is 90.8 Å². The Hall–Kier alpha value is -5.38. The first-order chi connectivity index (χ1) is 28.1. The van der Waals surface area contributed by atoms with Gasteiger partial charge < -0.3 is 20.3 Å². The molecule has 1 aromatic heterocycles. The number of amides is 3. The van der Waals surface area contributed by atoms with Gasteiger partial charge >= 0.3 is 6.09 Å². The van der Waals surface area contributed by atoms with Crippen LogP contribution in [0, 0.1) is 35.5 Å². The van der Waals surface area contributed by atoms with Crippen molar-refractivity contribution in [2.75, 3.05) is 13.7 Å². The van der Waals surface area contributed by atoms with Crippen LogP contribution in [0.25, 0.3) is 22.3 Å². The Labute approximate surface area is 342 Å². The third kappa shape index (κ3) is 7.90. The summed E-state index contributed by atoms with van der Waals surface area (Å²) in [5.74, 6) is 1.36. The number of hydrogen-bond acceptors (Lipinski definition) is 7. The van der Waals surface area contributed by atoms with Crippen LogP contribution in [0.5, 0.6) is 0 Å². The fraction of sp³-hybridized carbons (Fsp3) is 0.458. The Morgan fingerprint density at radius 1 is 0.759 bits per heavy atom. The number of likely N-dealkylation sites (tertiary alicyclic amines) is 1. The molecule has 10 heteroatoms. The molecule has 3 amide bonds. The number of benzene rings is 2. The maximum Gasteiger partial charge on any atom is 0.407 e. The maximum absolute atomic E-state index is 14.0. The molecule has 8 rings (SSSR count). The number of methoxy groups -OCH3 is 1. The molecular formula is C48H56N6O4. The summed E-state index contributed by atoms with van der Waals surface area (Å²) in [6.07, 6.45) is 13.7. The van der Waals surface area contributed by atoms with Crippen molar-refractivity contribution in [1.29, 1.82) is 0 Å². The van der Waals surface area contributed by atoms with Gasteiger partial charge in [0.2, 0.25) is 11.8 Å². The van der Waals surface area contributed by atoms with E-state index in [9.17, 15) is 14.4 Å². The Balaban J connectivity index is 0.873. The Bertz CT molecular complexity index is 2140. The van der Waals surface area contributed by atoms with Gasteiger partial charge in [-0.05, 0) is 101 Å². The highest BCUT2D eigenvalue weighted by Gasteiger charge is 2.53. The number of fused-ring (bicyclic) bond motifs is 2. The average Bonchev–Trinajstić information content (AvgIpc) is 4.10. The second-order valence-corrected chi connectivity index (χ2v) is 17.5. The van der Waals surface area contributed by atoms with Gasteiger partial charge in [0.05, 0.1) is 19.2 Å². The molecule has 302 valence electrons. The molecular weight excluding hydrogens is 725 g/mol. The average molecular weight is 781 g/mol. The summed E-state index contributed by atoms with van der Waals surface area (Å²) in [4.78, 5) is 55.7. The number of pyridine rings is 1. The topological polar surface area (TPSA) is 125 Å². The summed E-state index contributed by atoms with van der Waals surface area (Å²) in [6, 6.07) is 20.6. The molecule has 3 fully saturated rings. The van der Waals surface area contributed by atoms with E-state index in [-0.39, 0.29) is 47.6 Å². The Morgan fingerprint density at radius 3 is 1.98 bits per heavy atom. The number of nitrogens with one attached hydrogen (secondary N) is 2. The van der Waals surface area contributed by atoms with E-state index < -0.39 is 12.1 Å². The molecule has 58 heavy (non-hydrogen) atoms. The number of allylic oxidation sites excluding steroid dienone is 2. The van der Waals surface area contributed by atoms with Crippen molar-refractivity contribution < 1.29 is 19.1 Å². The highest BCUT2D eigenvalue weighted by Crippen LogP contribution is 2.54. The van der Waals surface area contributed by atoms with E-state index in [0.717, 1.165) is 65.6 Å². The lowest BCUT2D eigenvalue weighted by atomic mass is 9.74. The molecule has 0 radical (unpaired) electrons. The number of aliphatic imine (C=N–C) groups is 2. The smallest absolute Gasteiger partial charge is 0.407 e. The number of alkyl carbamates (subject to hydrolysis) is 1. The first-order valence-electron chi connectivity index (χ1n) is 21.2. The van der Waals surface area contributed by atoms with Gasteiger partial charge in [-0.15, -0.1) is 0 Å². The summed E-state index contributed by atoms with van der Waals surface area (Å²) >= 11 is 0. The standard InChI is InChI=1S/C48H56N6O4/c1-28(2)44(36-8-6-20-49-25-36)52-46(55)43-35-19-18-34(22-35)42(43)40-24-38(27-51-40)33-16-12-31(13-17-33)30-10-14-32(15-11-30)37-23-39(50-26-37)41-9-7-21-54(41)47(56)45(29(3)4)53-48(57)58-5/h6,8,10-17,20,25-29,34-35,41-45H,7,9,18-19,21-24H2,1-5H3,(H,52,55)(H,53,57)/t34-,35+,41-,42-,43+,44-,45-/m0/s1. The third-order valence-electron chi connectivity index (χ3n) is 13.3. The largest absolute Gasteiger partial charge is 0.453 e. The van der Waals surface area contributed by atoms with Crippen LogP contribution in [0.3, 0.4) is 0 Å². The maximum atomic E-state index is 14.0. The van der Waals surface area contributed by atoms with Gasteiger partial charge in [-0.2, -0.15) is 0 Å². The summed E-state index contributed by atoms with van der Waals surface area (Å²) in [6.45, 7) is 8.82. The van der Waals surface area contributed by atoms with E-state index in [1.165, 1.54) is 30.4 Å². The van der Waals surface area contributed by atoms with E-state index in [1.807, 2.05) is 43.4 Å². The Kier molecular flexibility index (Phi) is 11.5. The van der Waals surface area contributed by atoms with Crippen LogP contribution in [0.4, 0.5) is 4.79 Å². The lowest BCUT2D eigenvalue weighted by molar-refractivity contribution is -0.134. The number of rotatable bonds is 12. The van der Waals surface area contributed by atoms with Gasteiger partial charge in [0, 0.05) is 67.4 Å². The molecule has 2 aliphatic carbocycles. The minimum atomic E-state index is -0.647. The van der Waals surface area contributed by atoms with Gasteiger partial charge in [-0.1, -0.05) is 82.3 Å². The van der Waals surface area contributed by atoms with Crippen molar-refractivity contribution >= 4 is 40.5 Å². The molecule has 2 bridgehead atoms. The van der Waals surface area contributed by atoms with Crippen molar-refractivity contribution in [3.05, 3.63) is 102 Å². The zero-order valence-corrected chi connectivity index (χ0v) is 34.4. The minimum Gasteiger partial charge on any atom is -0.453 e. The van der Waals surface area contributed by atoms with Crippen LogP contribution in [0.1, 0.15) is 95.4 Å². The minimum absolute atomic E-state index is 0.0346. The zero-order chi connectivity index (χ0) is 40.5. The molecule has 2 N–H and O–H groups in total. The van der Waals surface area contributed by atoms with Gasteiger partial charge in [0.1, 0.15) is 6.04 Å². The lowest BCUT2D eigenvalue weighted by Crippen LogP contribution is -2.53. The number of carbonyl (C=O) groups is 3. The fourth-order valence-electron chi connectivity index (χ4n) is 10.3. The normalized spacial score (nSPS) is 24.7. The third-order valence-corrected chi connectivity index (χ3v) is 13.3. The summed E-state index contributed by atoms with van der Waals surface area (Å²) < 4.78 is 4.78. The highest BCUT2D eigenvalue weighted by atomic mass is 16.5. The summed E-state index contributed by atoms with van der Waals surface area (Å²) in [5.41, 5.74) is 10.1. The number of hydrogen-bond donors (Lipinski definition) is 2. The molecule has 0 spiro atoms. The molecule has 5 aliphatic rings. The Morgan fingerprint density at radius 2 is 1.38 bits per heavy atom. The van der Waals surface area contributed by atoms with Crippen LogP contribution in [-0.2, 0) is 14.3 Å². The number of ether oxygens (including phenoxy) is 1. The van der Waals surface area contributed by atoms with Crippen molar-refractivity contribution in [3.63, 3.8) is 0 Å². The summed E-state index contributed by atoms with van der Waals surface area (Å²) in [5, 5.41) is 6.17. The summed E-state index contributed by atoms with van der Waals surface area (Å²) in [7, 11) is 1.31. The van der Waals surface area contributed by atoms with E-state index in [4.69, 9.17) is 14.7 Å². The molecule has 7 atom stereocenters. The monoisotopic (exact) mass is 780 g/mol. The second-order valence-electron chi connectivity index (χ2n) is 17.5. The molecule has 4 heterocycles. The van der Waals surface area contributed by atoms with Crippen LogP contribution in [0.15, 0.2) is 95.4 Å². The molecule has 1 saturated heterocycles.